The van der Waals surface area contributed by atoms with E-state index in [-0.39, 0.29) is 6.04 Å². The number of hydrogen-bond acceptors (Lipinski definition) is 2. The van der Waals surface area contributed by atoms with E-state index >= 15 is 0 Å². The summed E-state index contributed by atoms with van der Waals surface area (Å²) in [5, 5.41) is 0. The van der Waals surface area contributed by atoms with Gasteiger partial charge < -0.3 is 10.5 Å². The summed E-state index contributed by atoms with van der Waals surface area (Å²) in [7, 11) is 0. The molecule has 17 heavy (non-hydrogen) atoms. The lowest BCUT2D eigenvalue weighted by Gasteiger charge is -2.25. The second-order valence-corrected chi connectivity index (χ2v) is 5.76. The van der Waals surface area contributed by atoms with Crippen molar-refractivity contribution < 1.29 is 4.74 Å². The van der Waals surface area contributed by atoms with Crippen LogP contribution in [0.15, 0.2) is 22.7 Å². The smallest absolute Gasteiger partial charge is 0.125 e. The first kappa shape index (κ1) is 12.9. The zero-order valence-electron chi connectivity index (χ0n) is 10.3. The average Bonchev–Trinajstić information content (AvgIpc) is 2.30. The summed E-state index contributed by atoms with van der Waals surface area (Å²) in [6.45, 7) is 2.00. The van der Waals surface area contributed by atoms with E-state index in [0.29, 0.717) is 6.10 Å². The van der Waals surface area contributed by atoms with Crippen LogP contribution in [0, 0.1) is 0 Å². The van der Waals surface area contributed by atoms with Crippen LogP contribution in [-0.2, 0) is 0 Å². The predicted molar refractivity (Wildman–Crippen MR) is 74.2 cm³/mol. The second kappa shape index (κ2) is 5.87. The molecule has 1 aromatic rings. The lowest BCUT2D eigenvalue weighted by atomic mass is 9.97. The topological polar surface area (TPSA) is 35.2 Å². The fourth-order valence-electron chi connectivity index (χ4n) is 2.35. The highest BCUT2D eigenvalue weighted by Crippen LogP contribution is 2.31. The first-order chi connectivity index (χ1) is 8.16. The highest BCUT2D eigenvalue weighted by molar-refractivity contribution is 9.10. The third-order valence-electron chi connectivity index (χ3n) is 3.31. The fourth-order valence-corrected chi connectivity index (χ4v) is 2.69. The van der Waals surface area contributed by atoms with Crippen molar-refractivity contribution >= 4 is 15.9 Å². The van der Waals surface area contributed by atoms with E-state index in [0.717, 1.165) is 15.8 Å². The zero-order valence-corrected chi connectivity index (χ0v) is 11.9. The Morgan fingerprint density at radius 2 is 2.00 bits per heavy atom. The molecule has 0 radical (unpaired) electrons. The molecule has 1 aliphatic carbocycles. The van der Waals surface area contributed by atoms with Crippen LogP contribution in [0.25, 0.3) is 0 Å². The molecule has 1 aromatic carbocycles. The lowest BCUT2D eigenvalue weighted by Crippen LogP contribution is -2.21. The molecule has 0 heterocycles. The van der Waals surface area contributed by atoms with Gasteiger partial charge in [-0.3, -0.25) is 0 Å². The lowest BCUT2D eigenvalue weighted by molar-refractivity contribution is 0.153. The first-order valence-electron chi connectivity index (χ1n) is 6.38. The summed E-state index contributed by atoms with van der Waals surface area (Å²) >= 11 is 3.49. The Hall–Kier alpha value is -0.540. The molecule has 0 aromatic heterocycles. The molecule has 1 saturated carbocycles. The van der Waals surface area contributed by atoms with Gasteiger partial charge in [0.25, 0.3) is 0 Å². The maximum Gasteiger partial charge on any atom is 0.125 e. The van der Waals surface area contributed by atoms with Gasteiger partial charge >= 0.3 is 0 Å². The minimum absolute atomic E-state index is 0.0155. The van der Waals surface area contributed by atoms with Crippen molar-refractivity contribution in [2.75, 3.05) is 0 Å². The van der Waals surface area contributed by atoms with Gasteiger partial charge in [-0.2, -0.15) is 0 Å². The minimum atomic E-state index is 0.0155. The van der Waals surface area contributed by atoms with Crippen LogP contribution in [0.4, 0.5) is 0 Å². The molecule has 2 N–H and O–H groups in total. The molecule has 2 rings (SSSR count). The summed E-state index contributed by atoms with van der Waals surface area (Å²) in [5.74, 6) is 0.946. The van der Waals surface area contributed by atoms with E-state index in [1.165, 1.54) is 32.1 Å². The van der Waals surface area contributed by atoms with Crippen molar-refractivity contribution in [3.05, 3.63) is 28.2 Å². The van der Waals surface area contributed by atoms with Gasteiger partial charge in [0.15, 0.2) is 0 Å². The fraction of sp³-hybridized carbons (Fsp3) is 0.571. The normalized spacial score (nSPS) is 19.0. The van der Waals surface area contributed by atoms with E-state index in [1.807, 2.05) is 25.1 Å². The number of benzene rings is 1. The molecule has 3 heteroatoms. The van der Waals surface area contributed by atoms with E-state index in [9.17, 15) is 0 Å². The van der Waals surface area contributed by atoms with Gasteiger partial charge in [-0.1, -0.05) is 28.4 Å². The van der Waals surface area contributed by atoms with Gasteiger partial charge in [-0.05, 0) is 44.7 Å². The molecule has 2 nitrogen and oxygen atoms in total. The molecule has 0 spiro atoms. The summed E-state index contributed by atoms with van der Waals surface area (Å²) in [6, 6.07) is 6.12. The summed E-state index contributed by atoms with van der Waals surface area (Å²) in [5.41, 5.74) is 7.07. The largest absolute Gasteiger partial charge is 0.490 e. The van der Waals surface area contributed by atoms with Crippen molar-refractivity contribution in [1.82, 2.24) is 0 Å². The van der Waals surface area contributed by atoms with Crippen LogP contribution in [0.5, 0.6) is 5.75 Å². The number of hydrogen-bond donors (Lipinski definition) is 1. The molecule has 1 aliphatic rings. The van der Waals surface area contributed by atoms with Crippen LogP contribution in [-0.4, -0.2) is 6.10 Å². The molecule has 0 saturated heterocycles. The maximum atomic E-state index is 6.12. The summed E-state index contributed by atoms with van der Waals surface area (Å²) < 4.78 is 7.17. The molecular formula is C14H20BrNO. The van der Waals surface area contributed by atoms with Crippen LogP contribution in [0.3, 0.4) is 0 Å². The third kappa shape index (κ3) is 3.46. The molecule has 94 valence electrons. The minimum Gasteiger partial charge on any atom is -0.490 e. The van der Waals surface area contributed by atoms with Gasteiger partial charge in [-0.15, -0.1) is 0 Å². The second-order valence-electron chi connectivity index (χ2n) is 4.85. The van der Waals surface area contributed by atoms with Crippen molar-refractivity contribution in [1.29, 1.82) is 0 Å². The van der Waals surface area contributed by atoms with Crippen LogP contribution < -0.4 is 10.5 Å². The van der Waals surface area contributed by atoms with Gasteiger partial charge in [0.05, 0.1) is 6.10 Å². The Kier molecular flexibility index (Phi) is 4.46. The number of rotatable bonds is 3. The Balaban J connectivity index is 2.14. The molecule has 0 unspecified atom stereocenters. The van der Waals surface area contributed by atoms with Crippen molar-refractivity contribution in [3.8, 4) is 5.75 Å². The van der Waals surface area contributed by atoms with E-state index in [4.69, 9.17) is 10.5 Å². The summed E-state index contributed by atoms with van der Waals surface area (Å²) in [4.78, 5) is 0. The van der Waals surface area contributed by atoms with Gasteiger partial charge in [0, 0.05) is 16.1 Å². The Morgan fingerprint density at radius 3 is 2.65 bits per heavy atom. The molecule has 1 fully saturated rings. The third-order valence-corrected chi connectivity index (χ3v) is 3.81. The maximum absolute atomic E-state index is 6.12. The quantitative estimate of drug-likeness (QED) is 0.908. The molecule has 0 bridgehead atoms. The Morgan fingerprint density at radius 1 is 1.29 bits per heavy atom. The summed E-state index contributed by atoms with van der Waals surface area (Å²) in [6.07, 6.45) is 6.63. The molecule has 1 atom stereocenters. The standard InChI is InChI=1S/C14H20BrNO/c1-10(16)13-8-7-11(15)9-14(13)17-12-5-3-2-4-6-12/h7-10,12H,2-6,16H2,1H3/t10-/m1/s1. The zero-order chi connectivity index (χ0) is 12.3. The van der Waals surface area contributed by atoms with Crippen molar-refractivity contribution in [2.45, 2.75) is 51.2 Å². The SMILES string of the molecule is C[C@@H](N)c1ccc(Br)cc1OC1CCCCC1. The van der Waals surface area contributed by atoms with Gasteiger partial charge in [0.2, 0.25) is 0 Å². The van der Waals surface area contributed by atoms with Crippen molar-refractivity contribution in [2.24, 2.45) is 5.73 Å². The number of nitrogens with two attached hydrogens (primary N) is 1. The monoisotopic (exact) mass is 297 g/mol. The number of halogens is 1. The van der Waals surface area contributed by atoms with E-state index < -0.39 is 0 Å². The Labute approximate surface area is 112 Å². The van der Waals surface area contributed by atoms with E-state index in [1.54, 1.807) is 0 Å². The van der Waals surface area contributed by atoms with Crippen LogP contribution >= 0.6 is 15.9 Å². The highest BCUT2D eigenvalue weighted by atomic mass is 79.9. The van der Waals surface area contributed by atoms with Gasteiger partial charge in [-0.25, -0.2) is 0 Å². The van der Waals surface area contributed by atoms with Crippen molar-refractivity contribution in [3.63, 3.8) is 0 Å². The number of ether oxygens (including phenoxy) is 1. The highest BCUT2D eigenvalue weighted by Gasteiger charge is 2.17. The predicted octanol–water partition coefficient (Wildman–Crippen LogP) is 4.18. The Bertz CT molecular complexity index is 372. The van der Waals surface area contributed by atoms with Gasteiger partial charge in [0.1, 0.15) is 5.75 Å². The molecule has 0 amide bonds. The van der Waals surface area contributed by atoms with Crippen LogP contribution in [0.2, 0.25) is 0 Å². The molecule has 0 aliphatic heterocycles. The average molecular weight is 298 g/mol. The van der Waals surface area contributed by atoms with E-state index in [2.05, 4.69) is 15.9 Å². The molecular weight excluding hydrogens is 278 g/mol. The van der Waals surface area contributed by atoms with Crippen LogP contribution in [0.1, 0.15) is 50.6 Å². The first-order valence-corrected chi connectivity index (χ1v) is 7.18.